The second-order valence-corrected chi connectivity index (χ2v) is 8.67. The van der Waals surface area contributed by atoms with E-state index >= 15 is 0 Å². The van der Waals surface area contributed by atoms with Crippen molar-refractivity contribution in [2.24, 2.45) is 5.41 Å². The van der Waals surface area contributed by atoms with Crippen molar-refractivity contribution in [3.63, 3.8) is 0 Å². The maximum atomic E-state index is 10.2. The standard InChI is InChI=1S/C20H29N3O/c1-19(2,3)10-9-15(18-22-12-21-13-23-18)14-7-8-17(24)16(11-14)20(4,5)6/h7-8,11-13,15,24H,9-10H2,1-6H3. The predicted octanol–water partition coefficient (Wildman–Crippen LogP) is 4.83. The van der Waals surface area contributed by atoms with Crippen LogP contribution < -0.4 is 0 Å². The van der Waals surface area contributed by atoms with Crippen molar-refractivity contribution in [2.45, 2.75) is 65.7 Å². The van der Waals surface area contributed by atoms with Gasteiger partial charge in [0.2, 0.25) is 0 Å². The van der Waals surface area contributed by atoms with Crippen molar-refractivity contribution in [3.05, 3.63) is 47.8 Å². The molecule has 2 aromatic rings. The number of rotatable bonds is 4. The third-order valence-corrected chi connectivity index (χ3v) is 4.24. The molecule has 1 unspecified atom stereocenters. The molecule has 2 rings (SSSR count). The summed E-state index contributed by atoms with van der Waals surface area (Å²) in [5, 5.41) is 10.2. The highest BCUT2D eigenvalue weighted by atomic mass is 16.3. The van der Waals surface area contributed by atoms with Gasteiger partial charge in [0.05, 0.1) is 0 Å². The minimum Gasteiger partial charge on any atom is -0.508 e. The molecular formula is C20H29N3O. The number of phenols is 1. The molecule has 0 fully saturated rings. The van der Waals surface area contributed by atoms with Gasteiger partial charge in [0, 0.05) is 5.92 Å². The molecule has 0 radical (unpaired) electrons. The van der Waals surface area contributed by atoms with E-state index in [1.54, 1.807) is 18.7 Å². The summed E-state index contributed by atoms with van der Waals surface area (Å²) in [7, 11) is 0. The zero-order valence-electron chi connectivity index (χ0n) is 15.7. The Labute approximate surface area is 145 Å². The predicted molar refractivity (Wildman–Crippen MR) is 97.2 cm³/mol. The largest absolute Gasteiger partial charge is 0.508 e. The van der Waals surface area contributed by atoms with Crippen LogP contribution in [0.5, 0.6) is 5.75 Å². The molecule has 1 atom stereocenters. The molecule has 0 saturated heterocycles. The molecule has 24 heavy (non-hydrogen) atoms. The number of phenolic OH excluding ortho intramolecular Hbond substituents is 1. The van der Waals surface area contributed by atoms with Crippen LogP contribution >= 0.6 is 0 Å². The number of nitrogens with zero attached hydrogens (tertiary/aromatic N) is 3. The Morgan fingerprint density at radius 2 is 1.62 bits per heavy atom. The molecule has 1 heterocycles. The van der Waals surface area contributed by atoms with Crippen LogP contribution in [0.2, 0.25) is 0 Å². The summed E-state index contributed by atoms with van der Waals surface area (Å²) >= 11 is 0. The highest BCUT2D eigenvalue weighted by Crippen LogP contribution is 2.37. The molecule has 1 aromatic heterocycles. The van der Waals surface area contributed by atoms with E-state index in [4.69, 9.17) is 0 Å². The van der Waals surface area contributed by atoms with Crippen LogP contribution in [-0.4, -0.2) is 20.1 Å². The van der Waals surface area contributed by atoms with Crippen molar-refractivity contribution < 1.29 is 5.11 Å². The topological polar surface area (TPSA) is 58.9 Å². The van der Waals surface area contributed by atoms with E-state index in [9.17, 15) is 5.11 Å². The molecule has 0 aliphatic heterocycles. The van der Waals surface area contributed by atoms with Gasteiger partial charge in [0.15, 0.2) is 0 Å². The van der Waals surface area contributed by atoms with Gasteiger partial charge in [-0.05, 0) is 40.9 Å². The van der Waals surface area contributed by atoms with E-state index in [2.05, 4.69) is 62.6 Å². The van der Waals surface area contributed by atoms with Crippen molar-refractivity contribution in [1.29, 1.82) is 0 Å². The Morgan fingerprint density at radius 3 is 2.17 bits per heavy atom. The normalized spacial score (nSPS) is 13.8. The van der Waals surface area contributed by atoms with Crippen LogP contribution in [0.3, 0.4) is 0 Å². The van der Waals surface area contributed by atoms with Crippen LogP contribution in [0, 0.1) is 5.41 Å². The van der Waals surface area contributed by atoms with Gasteiger partial charge in [-0.3, -0.25) is 0 Å². The Morgan fingerprint density at radius 1 is 1.00 bits per heavy atom. The number of aromatic hydroxyl groups is 1. The first kappa shape index (κ1) is 18.4. The van der Waals surface area contributed by atoms with E-state index in [0.29, 0.717) is 5.75 Å². The fraction of sp³-hybridized carbons (Fsp3) is 0.550. The van der Waals surface area contributed by atoms with E-state index in [0.717, 1.165) is 29.8 Å². The Bertz CT molecular complexity index is 670. The molecule has 0 aliphatic carbocycles. The average Bonchev–Trinajstić information content (AvgIpc) is 2.47. The highest BCUT2D eigenvalue weighted by Gasteiger charge is 2.24. The molecule has 1 aromatic carbocycles. The third kappa shape index (κ3) is 4.76. The Kier molecular flexibility index (Phi) is 5.26. The number of aromatic nitrogens is 3. The molecular weight excluding hydrogens is 298 g/mol. The summed E-state index contributed by atoms with van der Waals surface area (Å²) in [6, 6.07) is 5.88. The van der Waals surface area contributed by atoms with E-state index in [1.807, 2.05) is 6.07 Å². The summed E-state index contributed by atoms with van der Waals surface area (Å²) in [6.07, 6.45) is 5.13. The smallest absolute Gasteiger partial charge is 0.139 e. The van der Waals surface area contributed by atoms with Gasteiger partial charge in [0.25, 0.3) is 0 Å². The SMILES string of the molecule is CC(C)(C)CCC(c1ccc(O)c(C(C)(C)C)c1)c1ncncn1. The first-order chi connectivity index (χ1) is 11.1. The summed E-state index contributed by atoms with van der Waals surface area (Å²) in [6.45, 7) is 13.1. The van der Waals surface area contributed by atoms with Gasteiger partial charge >= 0.3 is 0 Å². The summed E-state index contributed by atoms with van der Waals surface area (Å²) in [4.78, 5) is 12.7. The average molecular weight is 327 g/mol. The van der Waals surface area contributed by atoms with Crippen LogP contribution in [0.1, 0.15) is 77.3 Å². The summed E-state index contributed by atoms with van der Waals surface area (Å²) in [5.74, 6) is 1.24. The molecule has 4 heteroatoms. The summed E-state index contributed by atoms with van der Waals surface area (Å²) < 4.78 is 0. The van der Waals surface area contributed by atoms with E-state index in [-0.39, 0.29) is 16.7 Å². The fourth-order valence-corrected chi connectivity index (χ4v) is 2.82. The lowest BCUT2D eigenvalue weighted by Gasteiger charge is -2.25. The molecule has 0 bridgehead atoms. The van der Waals surface area contributed by atoms with Gasteiger partial charge in [-0.25, -0.2) is 15.0 Å². The highest BCUT2D eigenvalue weighted by molar-refractivity contribution is 5.42. The molecule has 0 saturated carbocycles. The lowest BCUT2D eigenvalue weighted by Crippen LogP contribution is -2.15. The van der Waals surface area contributed by atoms with Gasteiger partial charge in [0.1, 0.15) is 24.2 Å². The molecule has 0 aliphatic rings. The van der Waals surface area contributed by atoms with Crippen LogP contribution in [0.15, 0.2) is 30.9 Å². The molecule has 4 nitrogen and oxygen atoms in total. The zero-order chi connectivity index (χ0) is 18.0. The Hall–Kier alpha value is -1.97. The quantitative estimate of drug-likeness (QED) is 0.873. The van der Waals surface area contributed by atoms with Crippen LogP contribution in [-0.2, 0) is 5.41 Å². The van der Waals surface area contributed by atoms with Crippen molar-refractivity contribution in [2.75, 3.05) is 0 Å². The monoisotopic (exact) mass is 327 g/mol. The molecule has 0 spiro atoms. The molecule has 1 N–H and O–H groups in total. The number of benzene rings is 1. The summed E-state index contributed by atoms with van der Waals surface area (Å²) in [5.41, 5.74) is 2.23. The first-order valence-electron chi connectivity index (χ1n) is 8.53. The number of hydrogen-bond donors (Lipinski definition) is 1. The first-order valence-corrected chi connectivity index (χ1v) is 8.53. The van der Waals surface area contributed by atoms with E-state index in [1.165, 1.54) is 0 Å². The minimum atomic E-state index is -0.117. The van der Waals surface area contributed by atoms with Gasteiger partial charge in [-0.15, -0.1) is 0 Å². The second-order valence-electron chi connectivity index (χ2n) is 8.67. The lowest BCUT2D eigenvalue weighted by atomic mass is 9.80. The molecule has 0 amide bonds. The lowest BCUT2D eigenvalue weighted by molar-refractivity contribution is 0.354. The van der Waals surface area contributed by atoms with Gasteiger partial charge < -0.3 is 5.11 Å². The molecule has 130 valence electrons. The van der Waals surface area contributed by atoms with Gasteiger partial charge in [-0.1, -0.05) is 53.7 Å². The van der Waals surface area contributed by atoms with E-state index < -0.39 is 0 Å². The van der Waals surface area contributed by atoms with Crippen molar-refractivity contribution in [1.82, 2.24) is 15.0 Å². The van der Waals surface area contributed by atoms with Gasteiger partial charge in [-0.2, -0.15) is 0 Å². The van der Waals surface area contributed by atoms with Crippen LogP contribution in [0.25, 0.3) is 0 Å². The van der Waals surface area contributed by atoms with Crippen LogP contribution in [0.4, 0.5) is 0 Å². The maximum absolute atomic E-state index is 10.2. The van der Waals surface area contributed by atoms with Crippen molar-refractivity contribution in [3.8, 4) is 5.75 Å². The minimum absolute atomic E-state index is 0.105. The second kappa shape index (κ2) is 6.88. The number of hydrogen-bond acceptors (Lipinski definition) is 4. The fourth-order valence-electron chi connectivity index (χ4n) is 2.82. The van der Waals surface area contributed by atoms with Crippen molar-refractivity contribution >= 4 is 0 Å². The maximum Gasteiger partial charge on any atom is 0.139 e. The zero-order valence-corrected chi connectivity index (χ0v) is 15.7. The third-order valence-electron chi connectivity index (χ3n) is 4.24. The Balaban J connectivity index is 2.44.